The van der Waals surface area contributed by atoms with Gasteiger partial charge >= 0.3 is 12.2 Å². The van der Waals surface area contributed by atoms with E-state index >= 15 is 0 Å². The number of alkyl carbamates (subject to hydrolysis) is 1. The normalized spacial score (nSPS) is 15.6. The second-order valence-electron chi connectivity index (χ2n) is 12.1. The molecule has 1 aromatic heterocycles. The number of carbonyl (C=O) groups excluding carboxylic acids is 4. The van der Waals surface area contributed by atoms with Gasteiger partial charge in [-0.3, -0.25) is 9.59 Å². The van der Waals surface area contributed by atoms with Gasteiger partial charge in [0.25, 0.3) is 5.91 Å². The summed E-state index contributed by atoms with van der Waals surface area (Å²) >= 11 is 6.23. The van der Waals surface area contributed by atoms with Crippen LogP contribution in [0.1, 0.15) is 88.0 Å². The fourth-order valence-electron chi connectivity index (χ4n) is 4.62. The van der Waals surface area contributed by atoms with E-state index in [9.17, 15) is 19.2 Å². The van der Waals surface area contributed by atoms with E-state index in [1.54, 1.807) is 77.8 Å². The van der Waals surface area contributed by atoms with Crippen LogP contribution in [0.25, 0.3) is 0 Å². The lowest BCUT2D eigenvalue weighted by Crippen LogP contribution is -2.42. The molecule has 1 atom stereocenters. The molecular formula is C30H40ClN3O6. The molecule has 0 bridgehead atoms. The smallest absolute Gasteiger partial charge is 0.419 e. The van der Waals surface area contributed by atoms with Crippen LogP contribution in [-0.2, 0) is 27.2 Å². The Balaban J connectivity index is 1.70. The second-order valence-corrected chi connectivity index (χ2v) is 12.6. The largest absolute Gasteiger partial charge is 0.444 e. The summed E-state index contributed by atoms with van der Waals surface area (Å²) in [5, 5.41) is 3.27. The standard InChI is InChI=1S/C30H40ClN3O6/c1-19-15-24(34(18-19)28(38)40-30(5,6)7)26(36)33-14-8-9-23(33)25(35)13-11-20-16-22(31)12-10-21(20)17-32-27(37)39-29(2,3)4/h10,12,15-16,18,23H,8-9,11,13-14,17H2,1-7H3,(H,32,37)/t23-/m0/s1. The Labute approximate surface area is 241 Å². The Kier molecular flexibility index (Phi) is 9.72. The number of likely N-dealkylation sites (tertiary alicyclic amines) is 1. The van der Waals surface area contributed by atoms with Crippen molar-refractivity contribution in [3.05, 3.63) is 57.9 Å². The van der Waals surface area contributed by atoms with E-state index in [4.69, 9.17) is 21.1 Å². The number of ether oxygens (including phenoxy) is 2. The fraction of sp³-hybridized carbons (Fsp3) is 0.533. The molecule has 1 saturated heterocycles. The Bertz CT molecular complexity index is 1270. The first-order valence-corrected chi connectivity index (χ1v) is 13.9. The van der Waals surface area contributed by atoms with Gasteiger partial charge in [-0.05, 0) is 103 Å². The minimum absolute atomic E-state index is 0.0658. The van der Waals surface area contributed by atoms with E-state index in [-0.39, 0.29) is 30.3 Å². The average molecular weight is 574 g/mol. The van der Waals surface area contributed by atoms with Crippen molar-refractivity contribution in [2.45, 2.75) is 97.9 Å². The van der Waals surface area contributed by atoms with Crippen LogP contribution in [0.15, 0.2) is 30.5 Å². The highest BCUT2D eigenvalue weighted by atomic mass is 35.5. The number of rotatable bonds is 7. The maximum absolute atomic E-state index is 13.6. The van der Waals surface area contributed by atoms with Gasteiger partial charge in [0, 0.05) is 30.7 Å². The Morgan fingerprint density at radius 2 is 1.68 bits per heavy atom. The maximum atomic E-state index is 13.6. The number of nitrogens with one attached hydrogen (secondary N) is 1. The molecular weight excluding hydrogens is 534 g/mol. The second kappa shape index (κ2) is 12.5. The molecule has 9 nitrogen and oxygen atoms in total. The molecule has 2 aromatic rings. The third-order valence-electron chi connectivity index (χ3n) is 6.28. The van der Waals surface area contributed by atoms with E-state index < -0.39 is 29.4 Å². The number of benzene rings is 1. The first-order valence-electron chi connectivity index (χ1n) is 13.5. The zero-order chi connectivity index (χ0) is 29.8. The van der Waals surface area contributed by atoms with Gasteiger partial charge in [-0.15, -0.1) is 0 Å². The SMILES string of the molecule is Cc1cc(C(=O)N2CCC[C@H]2C(=O)CCc2cc(Cl)ccc2CNC(=O)OC(C)(C)C)n(C(=O)OC(C)(C)C)c1. The van der Waals surface area contributed by atoms with Crippen LogP contribution in [0.3, 0.4) is 0 Å². The van der Waals surface area contributed by atoms with Crippen LogP contribution in [0.5, 0.6) is 0 Å². The molecule has 0 unspecified atom stereocenters. The van der Waals surface area contributed by atoms with E-state index in [0.717, 1.165) is 16.7 Å². The van der Waals surface area contributed by atoms with Crippen LogP contribution in [0.4, 0.5) is 9.59 Å². The van der Waals surface area contributed by atoms with Gasteiger partial charge in [0.05, 0.1) is 6.04 Å². The highest BCUT2D eigenvalue weighted by Crippen LogP contribution is 2.25. The number of ketones is 1. The highest BCUT2D eigenvalue weighted by Gasteiger charge is 2.36. The van der Waals surface area contributed by atoms with Crippen LogP contribution in [0.2, 0.25) is 5.02 Å². The van der Waals surface area contributed by atoms with Crippen molar-refractivity contribution in [1.82, 2.24) is 14.8 Å². The van der Waals surface area contributed by atoms with E-state index in [1.807, 2.05) is 6.07 Å². The van der Waals surface area contributed by atoms with Crippen molar-refractivity contribution in [2.24, 2.45) is 0 Å². The summed E-state index contributed by atoms with van der Waals surface area (Å²) in [7, 11) is 0. The van der Waals surface area contributed by atoms with Gasteiger partial charge in [-0.2, -0.15) is 0 Å². The van der Waals surface area contributed by atoms with Gasteiger partial charge in [-0.25, -0.2) is 14.2 Å². The molecule has 0 saturated carbocycles. The highest BCUT2D eigenvalue weighted by molar-refractivity contribution is 6.30. The van der Waals surface area contributed by atoms with Gasteiger partial charge < -0.3 is 19.7 Å². The number of carbonyl (C=O) groups is 4. The number of aryl methyl sites for hydroxylation is 2. The number of amides is 2. The molecule has 40 heavy (non-hydrogen) atoms. The van der Waals surface area contributed by atoms with Crippen molar-refractivity contribution in [2.75, 3.05) is 6.54 Å². The van der Waals surface area contributed by atoms with Crippen molar-refractivity contribution in [1.29, 1.82) is 0 Å². The lowest BCUT2D eigenvalue weighted by Gasteiger charge is -2.25. The van der Waals surface area contributed by atoms with Crippen molar-refractivity contribution >= 4 is 35.5 Å². The average Bonchev–Trinajstić information content (AvgIpc) is 3.46. The van der Waals surface area contributed by atoms with E-state index in [0.29, 0.717) is 30.8 Å². The summed E-state index contributed by atoms with van der Waals surface area (Å²) in [6, 6.07) is 6.39. The van der Waals surface area contributed by atoms with Gasteiger partial charge in [-0.1, -0.05) is 17.7 Å². The van der Waals surface area contributed by atoms with Crippen LogP contribution in [-0.4, -0.2) is 57.1 Å². The number of Topliss-reactive ketones (excluding diaryl/α,β-unsaturated/α-hetero) is 1. The molecule has 1 N–H and O–H groups in total. The molecule has 1 aliphatic rings. The first kappa shape index (κ1) is 31.2. The monoisotopic (exact) mass is 573 g/mol. The van der Waals surface area contributed by atoms with Gasteiger partial charge in [0.1, 0.15) is 16.9 Å². The maximum Gasteiger partial charge on any atom is 0.419 e. The predicted molar refractivity (Wildman–Crippen MR) is 153 cm³/mol. The summed E-state index contributed by atoms with van der Waals surface area (Å²) in [4.78, 5) is 53.4. The molecule has 0 radical (unpaired) electrons. The zero-order valence-electron chi connectivity index (χ0n) is 24.4. The summed E-state index contributed by atoms with van der Waals surface area (Å²) in [6.45, 7) is 13.1. The third-order valence-corrected chi connectivity index (χ3v) is 6.52. The van der Waals surface area contributed by atoms with Crippen LogP contribution < -0.4 is 5.32 Å². The minimum Gasteiger partial charge on any atom is -0.444 e. The Morgan fingerprint density at radius 1 is 1.00 bits per heavy atom. The van der Waals surface area contributed by atoms with E-state index in [2.05, 4.69) is 5.32 Å². The van der Waals surface area contributed by atoms with Gasteiger partial charge in [0.15, 0.2) is 5.78 Å². The van der Waals surface area contributed by atoms with Crippen molar-refractivity contribution < 1.29 is 28.7 Å². The minimum atomic E-state index is -0.719. The summed E-state index contributed by atoms with van der Waals surface area (Å²) < 4.78 is 12.0. The molecule has 1 fully saturated rings. The number of hydrogen-bond acceptors (Lipinski definition) is 6. The topological polar surface area (TPSA) is 107 Å². The van der Waals surface area contributed by atoms with Crippen LogP contribution >= 0.6 is 11.6 Å². The first-order chi connectivity index (χ1) is 18.5. The molecule has 10 heteroatoms. The quantitative estimate of drug-likeness (QED) is 0.431. The molecule has 2 amide bonds. The number of hydrogen-bond donors (Lipinski definition) is 1. The van der Waals surface area contributed by atoms with E-state index in [1.165, 1.54) is 4.57 Å². The molecule has 1 aliphatic heterocycles. The summed E-state index contributed by atoms with van der Waals surface area (Å²) in [6.07, 6.45) is 2.24. The van der Waals surface area contributed by atoms with Crippen LogP contribution in [0, 0.1) is 6.92 Å². The lowest BCUT2D eigenvalue weighted by atomic mass is 9.98. The zero-order valence-corrected chi connectivity index (χ0v) is 25.2. The molecule has 0 spiro atoms. The number of aromatic nitrogens is 1. The number of nitrogens with zero attached hydrogens (tertiary/aromatic N) is 2. The number of halogens is 1. The third kappa shape index (κ3) is 8.58. The van der Waals surface area contributed by atoms with Crippen molar-refractivity contribution in [3.63, 3.8) is 0 Å². The molecule has 1 aromatic carbocycles. The fourth-order valence-corrected chi connectivity index (χ4v) is 4.81. The Hall–Kier alpha value is -3.33. The van der Waals surface area contributed by atoms with Gasteiger partial charge in [0.2, 0.25) is 0 Å². The molecule has 218 valence electrons. The molecule has 3 rings (SSSR count). The Morgan fingerprint density at radius 3 is 2.33 bits per heavy atom. The predicted octanol–water partition coefficient (Wildman–Crippen LogP) is 6.06. The summed E-state index contributed by atoms with van der Waals surface area (Å²) in [5.41, 5.74) is 1.25. The molecule has 2 heterocycles. The molecule has 0 aliphatic carbocycles. The lowest BCUT2D eigenvalue weighted by molar-refractivity contribution is -0.122. The van der Waals surface area contributed by atoms with Crippen molar-refractivity contribution in [3.8, 4) is 0 Å². The summed E-state index contributed by atoms with van der Waals surface area (Å²) in [5.74, 6) is -0.441.